The van der Waals surface area contributed by atoms with Crippen molar-refractivity contribution in [1.82, 2.24) is 10.2 Å². The zero-order chi connectivity index (χ0) is 21.9. The van der Waals surface area contributed by atoms with E-state index >= 15 is 0 Å². The zero-order valence-electron chi connectivity index (χ0n) is 19.3. The molecule has 1 saturated heterocycles. The minimum atomic E-state index is -0.429. The van der Waals surface area contributed by atoms with Crippen molar-refractivity contribution in [3.8, 4) is 0 Å². The second-order valence-electron chi connectivity index (χ2n) is 8.96. The van der Waals surface area contributed by atoms with Gasteiger partial charge in [-0.05, 0) is 58.2 Å². The lowest BCUT2D eigenvalue weighted by atomic mass is 10.0. The van der Waals surface area contributed by atoms with Gasteiger partial charge >= 0.3 is 0 Å². The zero-order valence-corrected chi connectivity index (χ0v) is 19.3. The quantitative estimate of drug-likeness (QED) is 0.217. The van der Waals surface area contributed by atoms with Crippen molar-refractivity contribution in [1.29, 1.82) is 0 Å². The van der Waals surface area contributed by atoms with Gasteiger partial charge in [0.25, 0.3) is 0 Å². The summed E-state index contributed by atoms with van der Waals surface area (Å²) in [5.41, 5.74) is 11.4. The third-order valence-electron chi connectivity index (χ3n) is 6.33. The van der Waals surface area contributed by atoms with Crippen LogP contribution in [0.3, 0.4) is 0 Å². The van der Waals surface area contributed by atoms with Crippen LogP contribution in [0.25, 0.3) is 0 Å². The molecule has 6 heteroatoms. The molecule has 1 fully saturated rings. The molecule has 1 rings (SSSR count). The number of carbonyl (C=O) groups is 2. The molecule has 1 heterocycles. The van der Waals surface area contributed by atoms with Crippen LogP contribution in [0.5, 0.6) is 0 Å². The first kappa shape index (κ1) is 27.1. The number of hydrogen-bond acceptors (Lipinski definition) is 5. The van der Waals surface area contributed by atoms with Gasteiger partial charge in [-0.3, -0.25) is 9.69 Å². The van der Waals surface area contributed by atoms with Crippen LogP contribution in [-0.2, 0) is 9.59 Å². The summed E-state index contributed by atoms with van der Waals surface area (Å²) in [7, 11) is 0. The Kier molecular flexibility index (Phi) is 16.9. The number of nitrogens with zero attached hydrogens (tertiary/aromatic N) is 1. The van der Waals surface area contributed by atoms with Gasteiger partial charge in [0.1, 0.15) is 6.29 Å². The third kappa shape index (κ3) is 13.3. The average Bonchev–Trinajstić information content (AvgIpc) is 2.77. The summed E-state index contributed by atoms with van der Waals surface area (Å²) in [4.78, 5) is 25.0. The Morgan fingerprint density at radius 2 is 1.60 bits per heavy atom. The summed E-state index contributed by atoms with van der Waals surface area (Å²) >= 11 is 0. The smallest absolute Gasteiger partial charge is 0.236 e. The lowest BCUT2D eigenvalue weighted by Crippen LogP contribution is -2.50. The highest BCUT2D eigenvalue weighted by atomic mass is 16.2. The van der Waals surface area contributed by atoms with Gasteiger partial charge in [0.2, 0.25) is 5.91 Å². The number of likely N-dealkylation sites (tertiary alicyclic amines) is 1. The van der Waals surface area contributed by atoms with Crippen LogP contribution in [0.2, 0.25) is 0 Å². The van der Waals surface area contributed by atoms with E-state index in [2.05, 4.69) is 10.2 Å². The van der Waals surface area contributed by atoms with Gasteiger partial charge in [-0.2, -0.15) is 0 Å². The number of nitrogens with one attached hydrogen (secondary N) is 1. The molecule has 0 aliphatic carbocycles. The van der Waals surface area contributed by atoms with Gasteiger partial charge in [-0.25, -0.2) is 0 Å². The fourth-order valence-electron chi connectivity index (χ4n) is 4.36. The van der Waals surface area contributed by atoms with E-state index in [0.717, 1.165) is 45.2 Å². The Bertz CT molecular complexity index is 433. The van der Waals surface area contributed by atoms with Gasteiger partial charge in [0.15, 0.2) is 0 Å². The van der Waals surface area contributed by atoms with Gasteiger partial charge < -0.3 is 21.6 Å². The molecule has 0 saturated carbocycles. The maximum Gasteiger partial charge on any atom is 0.236 e. The standard InChI is InChI=1S/C24H48N4O2/c25-17-14-16-23(26)24(30)27-21-22-15-10-12-19-28(22)18-11-8-6-4-2-1-3-5-7-9-13-20-29/h20,22-23H,1-19,21,25-26H2,(H,27,30). The normalized spacial score (nSPS) is 18.3. The number of hydrogen-bond donors (Lipinski definition) is 3. The van der Waals surface area contributed by atoms with Crippen LogP contribution in [0.1, 0.15) is 103 Å². The number of unbranched alkanes of at least 4 members (excludes halogenated alkanes) is 10. The predicted octanol–water partition coefficient (Wildman–Crippen LogP) is 3.51. The van der Waals surface area contributed by atoms with Gasteiger partial charge in [-0.1, -0.05) is 57.8 Å². The summed E-state index contributed by atoms with van der Waals surface area (Å²) < 4.78 is 0. The summed E-state index contributed by atoms with van der Waals surface area (Å²) in [6, 6.07) is 0.0329. The SMILES string of the molecule is NCCCC(N)C(=O)NCC1CCCCN1CCCCCCCCCCCCC=O. The molecule has 2 unspecified atom stereocenters. The van der Waals surface area contributed by atoms with E-state index in [0.29, 0.717) is 19.0 Å². The van der Waals surface area contributed by atoms with E-state index in [-0.39, 0.29) is 5.91 Å². The summed E-state index contributed by atoms with van der Waals surface area (Å²) in [5, 5.41) is 3.07. The molecule has 2 atom stereocenters. The highest BCUT2D eigenvalue weighted by Gasteiger charge is 2.23. The van der Waals surface area contributed by atoms with Crippen molar-refractivity contribution in [3.63, 3.8) is 0 Å². The number of piperidine rings is 1. The Labute approximate surface area is 184 Å². The lowest BCUT2D eigenvalue weighted by Gasteiger charge is -2.36. The van der Waals surface area contributed by atoms with Crippen LogP contribution in [0.4, 0.5) is 0 Å². The van der Waals surface area contributed by atoms with Crippen LogP contribution < -0.4 is 16.8 Å². The minimum Gasteiger partial charge on any atom is -0.353 e. The lowest BCUT2D eigenvalue weighted by molar-refractivity contribution is -0.122. The molecule has 0 aromatic rings. The number of aldehydes is 1. The molecule has 0 aromatic carbocycles. The molecule has 1 amide bonds. The number of rotatable bonds is 19. The molecule has 0 spiro atoms. The topological polar surface area (TPSA) is 101 Å². The maximum atomic E-state index is 12.2. The molecule has 0 bridgehead atoms. The first-order valence-electron chi connectivity index (χ1n) is 12.6. The Morgan fingerprint density at radius 3 is 2.23 bits per heavy atom. The van der Waals surface area contributed by atoms with Crippen molar-refractivity contribution >= 4 is 12.2 Å². The van der Waals surface area contributed by atoms with E-state index in [1.54, 1.807) is 0 Å². The molecule has 30 heavy (non-hydrogen) atoms. The van der Waals surface area contributed by atoms with Gasteiger partial charge in [-0.15, -0.1) is 0 Å². The second kappa shape index (κ2) is 18.8. The van der Waals surface area contributed by atoms with Crippen LogP contribution in [0, 0.1) is 0 Å². The molecule has 6 nitrogen and oxygen atoms in total. The third-order valence-corrected chi connectivity index (χ3v) is 6.33. The van der Waals surface area contributed by atoms with E-state index in [9.17, 15) is 9.59 Å². The monoisotopic (exact) mass is 424 g/mol. The van der Waals surface area contributed by atoms with Crippen LogP contribution in [0.15, 0.2) is 0 Å². The fourth-order valence-corrected chi connectivity index (χ4v) is 4.36. The molecule has 0 aromatic heterocycles. The Balaban J connectivity index is 2.06. The van der Waals surface area contributed by atoms with E-state index in [1.807, 2.05) is 0 Å². The molecule has 5 N–H and O–H groups in total. The number of carbonyl (C=O) groups excluding carboxylic acids is 2. The van der Waals surface area contributed by atoms with Gasteiger partial charge in [0, 0.05) is 19.0 Å². The first-order chi connectivity index (χ1) is 14.7. The molecule has 1 aliphatic rings. The van der Waals surface area contributed by atoms with Gasteiger partial charge in [0.05, 0.1) is 6.04 Å². The summed E-state index contributed by atoms with van der Waals surface area (Å²) in [6.45, 7) is 3.61. The average molecular weight is 425 g/mol. The molecular formula is C24H48N4O2. The van der Waals surface area contributed by atoms with Crippen molar-refractivity contribution in [3.05, 3.63) is 0 Å². The Morgan fingerprint density at radius 1 is 0.967 bits per heavy atom. The fraction of sp³-hybridized carbons (Fsp3) is 0.917. The van der Waals surface area contributed by atoms with Crippen molar-refractivity contribution in [2.75, 3.05) is 26.2 Å². The summed E-state index contributed by atoms with van der Waals surface area (Å²) in [5.74, 6) is -0.0299. The Hall–Kier alpha value is -0.980. The van der Waals surface area contributed by atoms with E-state index < -0.39 is 6.04 Å². The highest BCUT2D eigenvalue weighted by molar-refractivity contribution is 5.81. The molecule has 1 aliphatic heterocycles. The molecule has 176 valence electrons. The number of nitrogens with two attached hydrogens (primary N) is 2. The highest BCUT2D eigenvalue weighted by Crippen LogP contribution is 2.18. The number of amides is 1. The molecular weight excluding hydrogens is 376 g/mol. The minimum absolute atomic E-state index is 0.0299. The largest absolute Gasteiger partial charge is 0.353 e. The van der Waals surface area contributed by atoms with Crippen LogP contribution >= 0.6 is 0 Å². The second-order valence-corrected chi connectivity index (χ2v) is 8.96. The van der Waals surface area contributed by atoms with Crippen LogP contribution in [-0.4, -0.2) is 55.4 Å². The van der Waals surface area contributed by atoms with Crippen molar-refractivity contribution < 1.29 is 9.59 Å². The van der Waals surface area contributed by atoms with Crippen molar-refractivity contribution in [2.24, 2.45) is 11.5 Å². The predicted molar refractivity (Wildman–Crippen MR) is 125 cm³/mol. The summed E-state index contributed by atoms with van der Waals surface area (Å²) in [6.07, 6.45) is 19.7. The van der Waals surface area contributed by atoms with E-state index in [1.165, 1.54) is 77.0 Å². The first-order valence-corrected chi connectivity index (χ1v) is 12.6. The maximum absolute atomic E-state index is 12.2. The van der Waals surface area contributed by atoms with E-state index in [4.69, 9.17) is 11.5 Å². The van der Waals surface area contributed by atoms with Crippen molar-refractivity contribution in [2.45, 2.75) is 115 Å². The molecule has 0 radical (unpaired) electrons.